The highest BCUT2D eigenvalue weighted by atomic mass is 16.6. The molecular weight excluding hydrogens is 296 g/mol. The first-order valence-corrected chi connectivity index (χ1v) is 9.26. The number of ether oxygens (including phenoxy) is 4. The van der Waals surface area contributed by atoms with E-state index in [-0.39, 0.29) is 0 Å². The maximum absolute atomic E-state index is 5.37. The Morgan fingerprint density at radius 2 is 0.826 bits per heavy atom. The average Bonchev–Trinajstić information content (AvgIpc) is 3.31. The maximum atomic E-state index is 5.37. The molecule has 6 heteroatoms. The number of nitrogens with zero attached hydrogens (tertiary/aromatic N) is 2. The summed E-state index contributed by atoms with van der Waals surface area (Å²) in [6, 6.07) is 0. The fraction of sp³-hybridized carbons (Fsp3) is 1.00. The van der Waals surface area contributed by atoms with Crippen molar-refractivity contribution in [3.63, 3.8) is 0 Å². The van der Waals surface area contributed by atoms with Crippen molar-refractivity contribution in [1.29, 1.82) is 0 Å². The highest BCUT2D eigenvalue weighted by molar-refractivity contribution is 4.81. The molecule has 0 aromatic heterocycles. The molecule has 0 bridgehead atoms. The molecule has 4 aliphatic rings. The van der Waals surface area contributed by atoms with Gasteiger partial charge in [-0.05, 0) is 25.9 Å². The number of epoxide rings is 4. The lowest BCUT2D eigenvalue weighted by Gasteiger charge is -2.22. The van der Waals surface area contributed by atoms with Gasteiger partial charge in [0.25, 0.3) is 0 Å². The average molecular weight is 326 g/mol. The van der Waals surface area contributed by atoms with Gasteiger partial charge in [-0.15, -0.1) is 0 Å². The van der Waals surface area contributed by atoms with E-state index in [1.165, 1.54) is 32.4 Å². The van der Waals surface area contributed by atoms with Crippen LogP contribution >= 0.6 is 0 Å². The molecule has 4 fully saturated rings. The van der Waals surface area contributed by atoms with Crippen LogP contribution < -0.4 is 0 Å². The van der Waals surface area contributed by atoms with E-state index in [2.05, 4.69) is 9.80 Å². The van der Waals surface area contributed by atoms with Crippen molar-refractivity contribution < 1.29 is 18.9 Å². The molecule has 4 unspecified atom stereocenters. The summed E-state index contributed by atoms with van der Waals surface area (Å²) in [5, 5.41) is 0. The molecule has 4 saturated heterocycles. The van der Waals surface area contributed by atoms with Gasteiger partial charge in [0.05, 0.1) is 50.8 Å². The minimum absolute atomic E-state index is 0.487. The van der Waals surface area contributed by atoms with Crippen molar-refractivity contribution in [2.24, 2.45) is 0 Å². The number of hydrogen-bond acceptors (Lipinski definition) is 6. The Morgan fingerprint density at radius 3 is 1.09 bits per heavy atom. The summed E-state index contributed by atoms with van der Waals surface area (Å²) in [6.07, 6.45) is 5.78. The Bertz CT molecular complexity index is 306. The van der Waals surface area contributed by atoms with Crippen LogP contribution in [0.4, 0.5) is 0 Å². The van der Waals surface area contributed by atoms with Crippen LogP contribution in [0.15, 0.2) is 0 Å². The number of hydrogen-bond donors (Lipinski definition) is 0. The number of unbranched alkanes of at least 4 members (excludes halogenated alkanes) is 2. The van der Waals surface area contributed by atoms with E-state index in [1.54, 1.807) is 0 Å². The van der Waals surface area contributed by atoms with Gasteiger partial charge in [-0.1, -0.05) is 6.42 Å². The largest absolute Gasteiger partial charge is 0.372 e. The van der Waals surface area contributed by atoms with Gasteiger partial charge in [0.15, 0.2) is 0 Å². The summed E-state index contributed by atoms with van der Waals surface area (Å²) >= 11 is 0. The van der Waals surface area contributed by atoms with Gasteiger partial charge in [0.1, 0.15) is 0 Å². The van der Waals surface area contributed by atoms with Crippen molar-refractivity contribution in [3.8, 4) is 0 Å². The van der Waals surface area contributed by atoms with Gasteiger partial charge in [0, 0.05) is 26.2 Å². The molecule has 4 aliphatic heterocycles. The zero-order valence-corrected chi connectivity index (χ0v) is 14.0. The van der Waals surface area contributed by atoms with Crippen molar-refractivity contribution in [1.82, 2.24) is 9.80 Å². The summed E-state index contributed by atoms with van der Waals surface area (Å²) in [6.45, 7) is 10.5. The van der Waals surface area contributed by atoms with Gasteiger partial charge in [-0.3, -0.25) is 9.80 Å². The van der Waals surface area contributed by atoms with Crippen molar-refractivity contribution in [3.05, 3.63) is 0 Å². The molecule has 0 aromatic carbocycles. The van der Waals surface area contributed by atoms with E-state index in [1.807, 2.05) is 0 Å². The fourth-order valence-electron chi connectivity index (χ4n) is 3.21. The Kier molecular flexibility index (Phi) is 5.48. The van der Waals surface area contributed by atoms with Crippen LogP contribution in [0.25, 0.3) is 0 Å². The second-order valence-corrected chi connectivity index (χ2v) is 7.40. The smallest absolute Gasteiger partial charge is 0.0936 e. The van der Waals surface area contributed by atoms with Crippen LogP contribution in [0, 0.1) is 0 Å². The van der Waals surface area contributed by atoms with E-state index < -0.39 is 0 Å². The Labute approximate surface area is 139 Å². The van der Waals surface area contributed by atoms with Crippen molar-refractivity contribution >= 4 is 0 Å². The summed E-state index contributed by atoms with van der Waals surface area (Å²) in [4.78, 5) is 5.06. The predicted octanol–water partition coefficient (Wildman–Crippen LogP) is 0.356. The monoisotopic (exact) mass is 326 g/mol. The molecule has 6 nitrogen and oxygen atoms in total. The molecule has 132 valence electrons. The van der Waals surface area contributed by atoms with Crippen molar-refractivity contribution in [2.75, 3.05) is 65.7 Å². The first-order valence-electron chi connectivity index (χ1n) is 9.26. The van der Waals surface area contributed by atoms with Crippen LogP contribution in [-0.4, -0.2) is 99.9 Å². The lowest BCUT2D eigenvalue weighted by atomic mass is 10.2. The van der Waals surface area contributed by atoms with E-state index in [0.717, 1.165) is 52.6 Å². The van der Waals surface area contributed by atoms with Gasteiger partial charge in [0.2, 0.25) is 0 Å². The molecule has 23 heavy (non-hydrogen) atoms. The van der Waals surface area contributed by atoms with Crippen molar-refractivity contribution in [2.45, 2.75) is 43.7 Å². The molecule has 0 spiro atoms. The van der Waals surface area contributed by atoms with Crippen LogP contribution in [0.1, 0.15) is 19.3 Å². The first-order chi connectivity index (χ1) is 11.3. The Morgan fingerprint density at radius 1 is 0.522 bits per heavy atom. The molecule has 0 radical (unpaired) electrons. The Hall–Kier alpha value is -0.240. The Balaban J connectivity index is 1.08. The van der Waals surface area contributed by atoms with E-state index in [0.29, 0.717) is 24.4 Å². The minimum atomic E-state index is 0.487. The van der Waals surface area contributed by atoms with Crippen LogP contribution in [0.5, 0.6) is 0 Å². The molecule has 0 N–H and O–H groups in total. The maximum Gasteiger partial charge on any atom is 0.0936 e. The zero-order chi connectivity index (χ0) is 15.5. The summed E-state index contributed by atoms with van der Waals surface area (Å²) in [5.74, 6) is 0. The van der Waals surface area contributed by atoms with Crippen LogP contribution in [-0.2, 0) is 18.9 Å². The third-order valence-electron chi connectivity index (χ3n) is 4.91. The predicted molar refractivity (Wildman–Crippen MR) is 85.7 cm³/mol. The van der Waals surface area contributed by atoms with Gasteiger partial charge in [-0.2, -0.15) is 0 Å². The van der Waals surface area contributed by atoms with Gasteiger partial charge >= 0.3 is 0 Å². The van der Waals surface area contributed by atoms with Gasteiger partial charge < -0.3 is 18.9 Å². The lowest BCUT2D eigenvalue weighted by molar-refractivity contribution is 0.204. The molecular formula is C17H30N2O4. The molecule has 4 atom stereocenters. The van der Waals surface area contributed by atoms with Crippen LogP contribution in [0.2, 0.25) is 0 Å². The normalized spacial score (nSPS) is 34.2. The summed E-state index contributed by atoms with van der Waals surface area (Å²) in [5.41, 5.74) is 0. The van der Waals surface area contributed by atoms with E-state index in [9.17, 15) is 0 Å². The fourth-order valence-corrected chi connectivity index (χ4v) is 3.21. The first kappa shape index (κ1) is 16.2. The molecule has 0 aromatic rings. The van der Waals surface area contributed by atoms with Gasteiger partial charge in [-0.25, -0.2) is 0 Å². The molecule has 0 aliphatic carbocycles. The molecule has 0 saturated carbocycles. The molecule has 4 heterocycles. The highest BCUT2D eigenvalue weighted by Gasteiger charge is 2.31. The summed E-state index contributed by atoms with van der Waals surface area (Å²) in [7, 11) is 0. The summed E-state index contributed by atoms with van der Waals surface area (Å²) < 4.78 is 21.5. The number of rotatable bonds is 14. The van der Waals surface area contributed by atoms with Crippen LogP contribution in [0.3, 0.4) is 0 Å². The quantitative estimate of drug-likeness (QED) is 0.339. The molecule has 4 rings (SSSR count). The second-order valence-electron chi connectivity index (χ2n) is 7.40. The second kappa shape index (κ2) is 7.76. The molecule has 0 amide bonds. The lowest BCUT2D eigenvalue weighted by Crippen LogP contribution is -2.33. The zero-order valence-electron chi connectivity index (χ0n) is 14.0. The topological polar surface area (TPSA) is 56.6 Å². The SMILES string of the molecule is C(CCN(CC1CO1)CC1CO1)CCN(CC1CO1)CC1CO1. The highest BCUT2D eigenvalue weighted by Crippen LogP contribution is 2.18. The standard InChI is InChI=1S/C17H30N2O4/c1(2-4-18(6-14-10-20-14)7-15-11-21-15)3-5-19(8-16-12-22-16)9-17-13-23-17/h14-17H,1-13H2. The third kappa shape index (κ3) is 6.64. The third-order valence-corrected chi connectivity index (χ3v) is 4.91. The van der Waals surface area contributed by atoms with E-state index >= 15 is 0 Å². The minimum Gasteiger partial charge on any atom is -0.372 e. The van der Waals surface area contributed by atoms with E-state index in [4.69, 9.17) is 18.9 Å².